The van der Waals surface area contributed by atoms with Crippen molar-refractivity contribution >= 4 is 5.91 Å². The Hall–Kier alpha value is -1.75. The minimum atomic E-state index is -0.203. The largest absolute Gasteiger partial charge is 0.490 e. The van der Waals surface area contributed by atoms with Gasteiger partial charge in [-0.15, -0.1) is 0 Å². The van der Waals surface area contributed by atoms with Crippen molar-refractivity contribution < 1.29 is 14.3 Å². The predicted octanol–water partition coefficient (Wildman–Crippen LogP) is 1.80. The molecule has 1 N–H and O–H groups in total. The van der Waals surface area contributed by atoms with Crippen LogP contribution in [0.1, 0.15) is 25.8 Å². The lowest BCUT2D eigenvalue weighted by molar-refractivity contribution is -0.131. The minimum Gasteiger partial charge on any atom is -0.490 e. The van der Waals surface area contributed by atoms with E-state index in [9.17, 15) is 4.79 Å². The molecular weight excluding hydrogens is 268 g/mol. The molecule has 1 heterocycles. The molecule has 0 fully saturated rings. The molecule has 0 saturated heterocycles. The molecule has 21 heavy (non-hydrogen) atoms. The van der Waals surface area contributed by atoms with Crippen LogP contribution in [0.4, 0.5) is 0 Å². The molecule has 0 radical (unpaired) electrons. The fraction of sp³-hybridized carbons (Fsp3) is 0.562. The smallest absolute Gasteiger partial charge is 0.239 e. The lowest BCUT2D eigenvalue weighted by Gasteiger charge is -2.20. The van der Waals surface area contributed by atoms with Crippen molar-refractivity contribution in [3.05, 3.63) is 23.8 Å². The molecular formula is C16H24N2O3. The summed E-state index contributed by atoms with van der Waals surface area (Å²) in [5.74, 6) is 1.69. The van der Waals surface area contributed by atoms with Gasteiger partial charge in [0.15, 0.2) is 11.5 Å². The van der Waals surface area contributed by atoms with Crippen LogP contribution in [-0.4, -0.2) is 43.7 Å². The first-order valence-corrected chi connectivity index (χ1v) is 7.48. The van der Waals surface area contributed by atoms with E-state index < -0.39 is 0 Å². The SMILES string of the molecule is CCN(C)C(=O)C(C)NCc1ccc2c(c1)OCCCO2. The van der Waals surface area contributed by atoms with Crippen molar-refractivity contribution in [1.29, 1.82) is 0 Å². The average molecular weight is 292 g/mol. The summed E-state index contributed by atoms with van der Waals surface area (Å²) < 4.78 is 11.3. The molecule has 1 aromatic carbocycles. The zero-order valence-corrected chi connectivity index (χ0v) is 13.0. The van der Waals surface area contributed by atoms with Gasteiger partial charge in [0.25, 0.3) is 0 Å². The second-order valence-corrected chi connectivity index (χ2v) is 5.29. The Kier molecular flexibility index (Phi) is 5.44. The number of amides is 1. The van der Waals surface area contributed by atoms with Gasteiger partial charge in [-0.1, -0.05) is 6.07 Å². The van der Waals surface area contributed by atoms with Gasteiger partial charge in [-0.2, -0.15) is 0 Å². The third-order valence-electron chi connectivity index (χ3n) is 3.65. The number of ether oxygens (including phenoxy) is 2. The summed E-state index contributed by atoms with van der Waals surface area (Å²) in [4.78, 5) is 13.7. The molecule has 1 aliphatic heterocycles. The molecule has 0 spiro atoms. The van der Waals surface area contributed by atoms with E-state index in [4.69, 9.17) is 9.47 Å². The van der Waals surface area contributed by atoms with Gasteiger partial charge in [0.05, 0.1) is 19.3 Å². The summed E-state index contributed by atoms with van der Waals surface area (Å²) in [6, 6.07) is 5.71. The second-order valence-electron chi connectivity index (χ2n) is 5.29. The number of likely N-dealkylation sites (N-methyl/N-ethyl adjacent to an activating group) is 1. The van der Waals surface area contributed by atoms with Crippen LogP contribution >= 0.6 is 0 Å². The molecule has 0 saturated carbocycles. The van der Waals surface area contributed by atoms with Gasteiger partial charge in [0, 0.05) is 26.6 Å². The summed E-state index contributed by atoms with van der Waals surface area (Å²) >= 11 is 0. The third kappa shape index (κ3) is 4.11. The average Bonchev–Trinajstić information content (AvgIpc) is 2.75. The number of rotatable bonds is 5. The van der Waals surface area contributed by atoms with E-state index in [0.717, 1.165) is 30.0 Å². The Morgan fingerprint density at radius 1 is 1.33 bits per heavy atom. The Morgan fingerprint density at radius 3 is 2.76 bits per heavy atom. The molecule has 1 aliphatic rings. The fourth-order valence-electron chi connectivity index (χ4n) is 2.16. The van der Waals surface area contributed by atoms with E-state index in [0.29, 0.717) is 19.8 Å². The lowest BCUT2D eigenvalue weighted by atomic mass is 10.2. The van der Waals surface area contributed by atoms with Gasteiger partial charge in [-0.3, -0.25) is 4.79 Å². The number of carbonyl (C=O) groups excluding carboxylic acids is 1. The van der Waals surface area contributed by atoms with Gasteiger partial charge < -0.3 is 19.7 Å². The van der Waals surface area contributed by atoms with E-state index in [1.807, 2.05) is 39.1 Å². The zero-order valence-electron chi connectivity index (χ0n) is 13.0. The predicted molar refractivity (Wildman–Crippen MR) is 81.7 cm³/mol. The first-order chi connectivity index (χ1) is 10.1. The summed E-state index contributed by atoms with van der Waals surface area (Å²) in [6.07, 6.45) is 0.900. The number of hydrogen-bond donors (Lipinski definition) is 1. The Labute approximate surface area is 126 Å². The standard InChI is InChI=1S/C16H24N2O3/c1-4-18(3)16(19)12(2)17-11-13-6-7-14-15(10-13)21-9-5-8-20-14/h6-7,10,12,17H,4-5,8-9,11H2,1-3H3. The van der Waals surface area contributed by atoms with E-state index >= 15 is 0 Å². The van der Waals surface area contributed by atoms with Gasteiger partial charge in [0.2, 0.25) is 5.91 Å². The first kappa shape index (κ1) is 15.6. The molecule has 0 bridgehead atoms. The minimum absolute atomic E-state index is 0.104. The highest BCUT2D eigenvalue weighted by atomic mass is 16.5. The highest BCUT2D eigenvalue weighted by molar-refractivity contribution is 5.81. The summed E-state index contributed by atoms with van der Waals surface area (Å²) in [5.41, 5.74) is 1.08. The first-order valence-electron chi connectivity index (χ1n) is 7.48. The molecule has 0 aromatic heterocycles. The van der Waals surface area contributed by atoms with Crippen molar-refractivity contribution in [2.45, 2.75) is 32.9 Å². The van der Waals surface area contributed by atoms with E-state index in [1.165, 1.54) is 0 Å². The van der Waals surface area contributed by atoms with Crippen molar-refractivity contribution in [2.75, 3.05) is 26.8 Å². The second kappa shape index (κ2) is 7.31. The number of carbonyl (C=O) groups is 1. The van der Waals surface area contributed by atoms with E-state index in [1.54, 1.807) is 4.90 Å². The van der Waals surface area contributed by atoms with Crippen LogP contribution in [0.15, 0.2) is 18.2 Å². The highest BCUT2D eigenvalue weighted by Gasteiger charge is 2.16. The van der Waals surface area contributed by atoms with Crippen molar-refractivity contribution in [3.63, 3.8) is 0 Å². The molecule has 0 aliphatic carbocycles. The number of hydrogen-bond acceptors (Lipinski definition) is 4. The Morgan fingerprint density at radius 2 is 2.05 bits per heavy atom. The van der Waals surface area contributed by atoms with Gasteiger partial charge in [-0.25, -0.2) is 0 Å². The molecule has 5 heteroatoms. The van der Waals surface area contributed by atoms with Crippen LogP contribution in [0.5, 0.6) is 11.5 Å². The van der Waals surface area contributed by atoms with Crippen LogP contribution in [0.25, 0.3) is 0 Å². The fourth-order valence-corrected chi connectivity index (χ4v) is 2.16. The molecule has 5 nitrogen and oxygen atoms in total. The number of benzene rings is 1. The van der Waals surface area contributed by atoms with E-state index in [-0.39, 0.29) is 11.9 Å². The summed E-state index contributed by atoms with van der Waals surface area (Å²) in [7, 11) is 1.81. The maximum absolute atomic E-state index is 12.0. The Bertz CT molecular complexity index is 490. The molecule has 116 valence electrons. The molecule has 1 atom stereocenters. The maximum atomic E-state index is 12.0. The topological polar surface area (TPSA) is 50.8 Å². The summed E-state index contributed by atoms with van der Waals surface area (Å²) in [6.45, 7) is 6.57. The number of nitrogens with zero attached hydrogens (tertiary/aromatic N) is 1. The maximum Gasteiger partial charge on any atom is 0.239 e. The van der Waals surface area contributed by atoms with Crippen molar-refractivity contribution in [3.8, 4) is 11.5 Å². The van der Waals surface area contributed by atoms with Gasteiger partial charge in [0.1, 0.15) is 0 Å². The quantitative estimate of drug-likeness (QED) is 0.899. The van der Waals surface area contributed by atoms with Crippen LogP contribution < -0.4 is 14.8 Å². The Balaban J connectivity index is 1.94. The van der Waals surface area contributed by atoms with Gasteiger partial charge in [-0.05, 0) is 31.5 Å². The molecule has 1 amide bonds. The summed E-state index contributed by atoms with van der Waals surface area (Å²) in [5, 5.41) is 3.25. The number of nitrogens with one attached hydrogen (secondary N) is 1. The normalized spacial score (nSPS) is 15.2. The van der Waals surface area contributed by atoms with Gasteiger partial charge >= 0.3 is 0 Å². The number of fused-ring (bicyclic) bond motifs is 1. The van der Waals surface area contributed by atoms with Crippen LogP contribution in [0.3, 0.4) is 0 Å². The monoisotopic (exact) mass is 292 g/mol. The van der Waals surface area contributed by atoms with Crippen LogP contribution in [0.2, 0.25) is 0 Å². The molecule has 2 rings (SSSR count). The van der Waals surface area contributed by atoms with Crippen LogP contribution in [0, 0.1) is 0 Å². The third-order valence-corrected chi connectivity index (χ3v) is 3.65. The van der Waals surface area contributed by atoms with E-state index in [2.05, 4.69) is 5.32 Å². The highest BCUT2D eigenvalue weighted by Crippen LogP contribution is 2.30. The molecule has 1 unspecified atom stereocenters. The zero-order chi connectivity index (χ0) is 15.2. The molecule has 1 aromatic rings. The lowest BCUT2D eigenvalue weighted by Crippen LogP contribution is -2.42. The van der Waals surface area contributed by atoms with Crippen molar-refractivity contribution in [2.24, 2.45) is 0 Å². The van der Waals surface area contributed by atoms with Crippen molar-refractivity contribution in [1.82, 2.24) is 10.2 Å². The van der Waals surface area contributed by atoms with Crippen LogP contribution in [-0.2, 0) is 11.3 Å².